The second-order valence-electron chi connectivity index (χ2n) is 14.5. The summed E-state index contributed by atoms with van der Waals surface area (Å²) in [4.78, 5) is 15.1. The lowest BCUT2D eigenvalue weighted by Crippen LogP contribution is -2.29. The summed E-state index contributed by atoms with van der Waals surface area (Å²) >= 11 is 2.49. The van der Waals surface area contributed by atoms with Crippen LogP contribution in [-0.2, 0) is 9.53 Å². The number of halogens is 1. The monoisotopic (exact) mass is 841 g/mol. The molecule has 0 heterocycles. The number of carbonyl (C=O) groups excluding carboxylic acids is 1. The van der Waals surface area contributed by atoms with Crippen LogP contribution >= 0.6 is 44.2 Å². The number of rotatable bonds is 42. The summed E-state index contributed by atoms with van der Waals surface area (Å²) in [7, 11) is 4.18. The zero-order chi connectivity index (χ0) is 35.7. The van der Waals surface area contributed by atoms with Crippen molar-refractivity contribution >= 4 is 50.1 Å². The van der Waals surface area contributed by atoms with Crippen LogP contribution < -0.4 is 0 Å². The van der Waals surface area contributed by atoms with Gasteiger partial charge in [-0.3, -0.25) is 4.79 Å². The van der Waals surface area contributed by atoms with Gasteiger partial charge in [-0.1, -0.05) is 186 Å². The lowest BCUT2D eigenvalue weighted by molar-refractivity contribution is -0.150. The first kappa shape index (κ1) is 49.8. The van der Waals surface area contributed by atoms with Crippen molar-refractivity contribution in [1.82, 2.24) is 4.90 Å². The van der Waals surface area contributed by atoms with E-state index >= 15 is 0 Å². The standard InChI is InChI=1S/C42H84INO3S2/c1-3-5-7-9-15-23-31-41(32-24-16-10-8-6-4-2)47-42(46)33-25-17-13-19-27-35-44(37-38-45)36-28-20-14-22-30-40-49-48-39-29-21-12-11-18-26-34-43/h41,45H,3-40H2,1-2H3. The first-order valence-electron chi connectivity index (χ1n) is 21.5. The molecule has 0 aromatic heterocycles. The molecule has 0 radical (unpaired) electrons. The van der Waals surface area contributed by atoms with E-state index in [0.29, 0.717) is 6.42 Å². The predicted octanol–water partition coefficient (Wildman–Crippen LogP) is 14.1. The van der Waals surface area contributed by atoms with E-state index in [1.165, 1.54) is 183 Å². The third-order valence-corrected chi connectivity index (χ3v) is 13.1. The van der Waals surface area contributed by atoms with Gasteiger partial charge in [-0.15, -0.1) is 0 Å². The van der Waals surface area contributed by atoms with Crippen LogP contribution in [-0.4, -0.2) is 64.3 Å². The van der Waals surface area contributed by atoms with Gasteiger partial charge in [0.2, 0.25) is 0 Å². The summed E-state index contributed by atoms with van der Waals surface area (Å²) in [5.41, 5.74) is 0. The molecule has 0 unspecified atom stereocenters. The minimum Gasteiger partial charge on any atom is -0.462 e. The zero-order valence-electron chi connectivity index (χ0n) is 32.9. The molecule has 0 atom stereocenters. The number of alkyl halides is 1. The van der Waals surface area contributed by atoms with Gasteiger partial charge in [0.1, 0.15) is 6.10 Å². The maximum absolute atomic E-state index is 12.7. The Labute approximate surface area is 328 Å². The molecule has 0 bridgehead atoms. The summed E-state index contributed by atoms with van der Waals surface area (Å²) < 4.78 is 7.34. The third kappa shape index (κ3) is 39.9. The molecule has 0 aromatic carbocycles. The van der Waals surface area contributed by atoms with Crippen LogP contribution in [0.1, 0.15) is 213 Å². The molecule has 7 heteroatoms. The number of unbranched alkanes of at least 4 members (excludes halogenated alkanes) is 23. The summed E-state index contributed by atoms with van der Waals surface area (Å²) in [6.07, 6.45) is 39.1. The van der Waals surface area contributed by atoms with E-state index in [1.807, 2.05) is 0 Å². The maximum Gasteiger partial charge on any atom is 0.306 e. The number of aliphatic hydroxyl groups excluding tert-OH is 1. The van der Waals surface area contributed by atoms with E-state index in [0.717, 1.165) is 45.3 Å². The molecule has 1 N–H and O–H groups in total. The van der Waals surface area contributed by atoms with Crippen LogP contribution in [0.25, 0.3) is 0 Å². The van der Waals surface area contributed by atoms with Gasteiger partial charge in [0.05, 0.1) is 6.61 Å². The minimum atomic E-state index is 0.0346. The SMILES string of the molecule is CCCCCCCCC(CCCCCCCC)OC(=O)CCCCCCCN(CCO)CCCCCCCSSCCCCCCCCI. The fourth-order valence-electron chi connectivity index (χ4n) is 6.53. The van der Waals surface area contributed by atoms with E-state index in [-0.39, 0.29) is 18.7 Å². The molecular formula is C42H84INO3S2. The zero-order valence-corrected chi connectivity index (χ0v) is 36.6. The molecule has 0 amide bonds. The molecule has 0 aromatic rings. The highest BCUT2D eigenvalue weighted by Gasteiger charge is 2.14. The number of nitrogens with zero attached hydrogens (tertiary/aromatic N) is 1. The molecule has 0 spiro atoms. The second kappa shape index (κ2) is 43.2. The number of esters is 1. The Morgan fingerprint density at radius 1 is 0.551 bits per heavy atom. The van der Waals surface area contributed by atoms with Crippen LogP contribution in [0.4, 0.5) is 0 Å². The minimum absolute atomic E-state index is 0.0346. The number of carbonyl (C=O) groups is 1. The van der Waals surface area contributed by atoms with Crippen LogP contribution in [0.15, 0.2) is 0 Å². The van der Waals surface area contributed by atoms with Gasteiger partial charge >= 0.3 is 5.97 Å². The molecule has 0 saturated carbocycles. The van der Waals surface area contributed by atoms with Gasteiger partial charge in [-0.05, 0) is 81.7 Å². The quantitative estimate of drug-likeness (QED) is 0.0217. The third-order valence-electron chi connectivity index (χ3n) is 9.73. The van der Waals surface area contributed by atoms with E-state index in [9.17, 15) is 9.90 Å². The van der Waals surface area contributed by atoms with Crippen LogP contribution in [0, 0.1) is 0 Å². The van der Waals surface area contributed by atoms with Gasteiger partial charge in [0, 0.05) is 24.5 Å². The number of aliphatic hydroxyl groups is 1. The van der Waals surface area contributed by atoms with Gasteiger partial charge < -0.3 is 14.7 Å². The van der Waals surface area contributed by atoms with Crippen LogP contribution in [0.2, 0.25) is 0 Å². The van der Waals surface area contributed by atoms with Crippen LogP contribution in [0.5, 0.6) is 0 Å². The van der Waals surface area contributed by atoms with Gasteiger partial charge in [-0.25, -0.2) is 0 Å². The molecule has 49 heavy (non-hydrogen) atoms. The van der Waals surface area contributed by atoms with Crippen molar-refractivity contribution < 1.29 is 14.6 Å². The van der Waals surface area contributed by atoms with Crippen molar-refractivity contribution in [2.24, 2.45) is 0 Å². The van der Waals surface area contributed by atoms with Crippen molar-refractivity contribution in [1.29, 1.82) is 0 Å². The largest absolute Gasteiger partial charge is 0.462 e. The molecule has 0 aliphatic rings. The van der Waals surface area contributed by atoms with Crippen molar-refractivity contribution in [3.63, 3.8) is 0 Å². The number of hydrogen-bond acceptors (Lipinski definition) is 6. The molecule has 0 saturated heterocycles. The molecule has 0 fully saturated rings. The highest BCUT2D eigenvalue weighted by Crippen LogP contribution is 2.25. The number of hydrogen-bond donors (Lipinski definition) is 1. The van der Waals surface area contributed by atoms with Crippen molar-refractivity contribution in [3.8, 4) is 0 Å². The topological polar surface area (TPSA) is 49.8 Å². The fraction of sp³-hybridized carbons (Fsp3) is 0.976. The average molecular weight is 842 g/mol. The van der Waals surface area contributed by atoms with E-state index < -0.39 is 0 Å². The maximum atomic E-state index is 12.7. The molecule has 0 rings (SSSR count). The van der Waals surface area contributed by atoms with E-state index in [2.05, 4.69) is 62.9 Å². The second-order valence-corrected chi connectivity index (χ2v) is 18.3. The van der Waals surface area contributed by atoms with Gasteiger partial charge in [0.25, 0.3) is 0 Å². The van der Waals surface area contributed by atoms with Crippen molar-refractivity contribution in [3.05, 3.63) is 0 Å². The number of ether oxygens (including phenoxy) is 1. The van der Waals surface area contributed by atoms with E-state index in [4.69, 9.17) is 4.74 Å². The Bertz CT molecular complexity index is 629. The Morgan fingerprint density at radius 3 is 1.43 bits per heavy atom. The lowest BCUT2D eigenvalue weighted by atomic mass is 10.0. The van der Waals surface area contributed by atoms with Crippen molar-refractivity contribution in [2.45, 2.75) is 219 Å². The molecule has 4 nitrogen and oxygen atoms in total. The molecule has 294 valence electrons. The first-order chi connectivity index (χ1) is 24.2. The highest BCUT2D eigenvalue weighted by atomic mass is 127. The Hall–Kier alpha value is 0.820. The lowest BCUT2D eigenvalue weighted by Gasteiger charge is -2.21. The summed E-state index contributed by atoms with van der Waals surface area (Å²) in [6.45, 7) is 7.81. The Kier molecular flexibility index (Phi) is 43.9. The van der Waals surface area contributed by atoms with Gasteiger partial charge in [0.15, 0.2) is 0 Å². The predicted molar refractivity (Wildman–Crippen MR) is 232 cm³/mol. The summed E-state index contributed by atoms with van der Waals surface area (Å²) in [6, 6.07) is 0. The fourth-order valence-corrected chi connectivity index (χ4v) is 9.36. The Morgan fingerprint density at radius 2 is 0.959 bits per heavy atom. The molecular weight excluding hydrogens is 758 g/mol. The average Bonchev–Trinajstić information content (AvgIpc) is 3.10. The highest BCUT2D eigenvalue weighted by molar-refractivity contribution is 14.1. The molecule has 0 aliphatic heterocycles. The van der Waals surface area contributed by atoms with Crippen LogP contribution in [0.3, 0.4) is 0 Å². The van der Waals surface area contributed by atoms with E-state index in [1.54, 1.807) is 0 Å². The normalized spacial score (nSPS) is 11.7. The van der Waals surface area contributed by atoms with Crippen molar-refractivity contribution in [2.75, 3.05) is 42.2 Å². The summed E-state index contributed by atoms with van der Waals surface area (Å²) in [5, 5.41) is 9.55. The van der Waals surface area contributed by atoms with Gasteiger partial charge in [-0.2, -0.15) is 0 Å². The first-order valence-corrected chi connectivity index (χ1v) is 25.5. The molecule has 0 aliphatic carbocycles. The smallest absolute Gasteiger partial charge is 0.306 e. The Balaban J connectivity index is 3.87. The summed E-state index contributed by atoms with van der Waals surface area (Å²) in [5.74, 6) is 2.66.